The first-order valence-corrected chi connectivity index (χ1v) is 7.29. The molecule has 0 fully saturated rings. The van der Waals surface area contributed by atoms with Gasteiger partial charge in [0.2, 0.25) is 0 Å². The molecular weight excluding hydrogens is 270 g/mol. The molecule has 0 unspecified atom stereocenters. The molecule has 5 nitrogen and oxygen atoms in total. The molecule has 0 aliphatic heterocycles. The summed E-state index contributed by atoms with van der Waals surface area (Å²) in [6, 6.07) is 5.97. The predicted molar refractivity (Wildman–Crippen MR) is 79.0 cm³/mol. The maximum absolute atomic E-state index is 8.54. The lowest BCUT2D eigenvalue weighted by Crippen LogP contribution is -2.01. The molecule has 0 aromatic carbocycles. The summed E-state index contributed by atoms with van der Waals surface area (Å²) in [5.74, 6) is 1.68. The van der Waals surface area contributed by atoms with Crippen LogP contribution in [0.15, 0.2) is 42.3 Å². The number of hydrogen-bond donors (Lipinski definition) is 0. The molecule has 2 aromatic rings. The minimum Gasteiger partial charge on any atom is -0.298 e. The van der Waals surface area contributed by atoms with Crippen molar-refractivity contribution in [2.75, 3.05) is 5.75 Å². The van der Waals surface area contributed by atoms with Gasteiger partial charge in [-0.05, 0) is 18.6 Å². The normalized spacial score (nSPS) is 10.2. The Balaban J connectivity index is 2.19. The summed E-state index contributed by atoms with van der Waals surface area (Å²) in [7, 11) is 0. The van der Waals surface area contributed by atoms with Crippen LogP contribution in [0.2, 0.25) is 0 Å². The highest BCUT2D eigenvalue weighted by Gasteiger charge is 2.12. The molecule has 0 saturated heterocycles. The highest BCUT2D eigenvalue weighted by Crippen LogP contribution is 2.24. The van der Waals surface area contributed by atoms with Crippen LogP contribution in [0.4, 0.5) is 0 Å². The van der Waals surface area contributed by atoms with Gasteiger partial charge in [-0.25, -0.2) is 0 Å². The Bertz CT molecular complexity index is 600. The lowest BCUT2D eigenvalue weighted by molar-refractivity contribution is 0.730. The third-order valence-electron chi connectivity index (χ3n) is 2.63. The second-order valence-corrected chi connectivity index (χ2v) is 5.11. The number of unbranched alkanes of at least 4 members (excludes halogenated alkanes) is 1. The number of nitriles is 1. The fourth-order valence-corrected chi connectivity index (χ4v) is 2.61. The van der Waals surface area contributed by atoms with Crippen molar-refractivity contribution in [1.29, 1.82) is 5.26 Å². The van der Waals surface area contributed by atoms with Crippen LogP contribution in [0.25, 0.3) is 11.4 Å². The van der Waals surface area contributed by atoms with Gasteiger partial charge in [0.25, 0.3) is 0 Å². The van der Waals surface area contributed by atoms with Crippen molar-refractivity contribution in [2.45, 2.75) is 24.5 Å². The number of pyridine rings is 1. The molecule has 0 aliphatic rings. The SMILES string of the molecule is C=CCn1c(SCCCC#N)nnc1-c1ccncc1. The summed E-state index contributed by atoms with van der Waals surface area (Å²) in [5.41, 5.74) is 0.984. The van der Waals surface area contributed by atoms with Crippen molar-refractivity contribution in [2.24, 2.45) is 0 Å². The molecule has 0 spiro atoms. The van der Waals surface area contributed by atoms with Gasteiger partial charge in [-0.3, -0.25) is 9.55 Å². The highest BCUT2D eigenvalue weighted by molar-refractivity contribution is 7.99. The third-order valence-corrected chi connectivity index (χ3v) is 3.68. The topological polar surface area (TPSA) is 67.4 Å². The number of rotatable bonds is 7. The van der Waals surface area contributed by atoms with E-state index in [0.717, 1.165) is 28.7 Å². The Labute approximate surface area is 122 Å². The molecule has 0 radical (unpaired) electrons. The maximum Gasteiger partial charge on any atom is 0.191 e. The third kappa shape index (κ3) is 3.45. The molecule has 2 rings (SSSR count). The predicted octanol–water partition coefficient (Wildman–Crippen LogP) is 2.92. The van der Waals surface area contributed by atoms with Crippen LogP contribution < -0.4 is 0 Å². The van der Waals surface area contributed by atoms with Crippen molar-refractivity contribution >= 4 is 11.8 Å². The van der Waals surface area contributed by atoms with E-state index >= 15 is 0 Å². The fraction of sp³-hybridized carbons (Fsp3) is 0.286. The Morgan fingerprint density at radius 2 is 2.15 bits per heavy atom. The zero-order chi connectivity index (χ0) is 14.2. The van der Waals surface area contributed by atoms with Gasteiger partial charge >= 0.3 is 0 Å². The summed E-state index contributed by atoms with van der Waals surface area (Å²) in [5, 5.41) is 17.9. The molecule has 2 heterocycles. The van der Waals surface area contributed by atoms with E-state index in [1.54, 1.807) is 24.2 Å². The van der Waals surface area contributed by atoms with Crippen molar-refractivity contribution in [1.82, 2.24) is 19.7 Å². The molecular formula is C14H15N5S. The van der Waals surface area contributed by atoms with Crippen LogP contribution in [-0.2, 0) is 6.54 Å². The highest BCUT2D eigenvalue weighted by atomic mass is 32.2. The van der Waals surface area contributed by atoms with Gasteiger partial charge in [0, 0.05) is 36.7 Å². The average molecular weight is 285 g/mol. The number of thioether (sulfide) groups is 1. The van der Waals surface area contributed by atoms with Gasteiger partial charge in [-0.15, -0.1) is 16.8 Å². The van der Waals surface area contributed by atoms with E-state index in [-0.39, 0.29) is 0 Å². The molecule has 0 aliphatic carbocycles. The van der Waals surface area contributed by atoms with Crippen molar-refractivity contribution in [3.8, 4) is 17.5 Å². The van der Waals surface area contributed by atoms with Gasteiger partial charge in [0.1, 0.15) is 0 Å². The van der Waals surface area contributed by atoms with Gasteiger partial charge in [0.15, 0.2) is 11.0 Å². The van der Waals surface area contributed by atoms with E-state index in [9.17, 15) is 0 Å². The van der Waals surface area contributed by atoms with Crippen LogP contribution in [0.1, 0.15) is 12.8 Å². The first-order chi connectivity index (χ1) is 9.86. The number of aromatic nitrogens is 4. The van der Waals surface area contributed by atoms with E-state index in [1.807, 2.05) is 22.8 Å². The summed E-state index contributed by atoms with van der Waals surface area (Å²) in [6.07, 6.45) is 6.73. The molecule has 2 aromatic heterocycles. The molecule has 20 heavy (non-hydrogen) atoms. The quantitative estimate of drug-likeness (QED) is 0.444. The molecule has 0 saturated carbocycles. The maximum atomic E-state index is 8.54. The Morgan fingerprint density at radius 3 is 2.85 bits per heavy atom. The van der Waals surface area contributed by atoms with Crippen LogP contribution >= 0.6 is 11.8 Å². The number of nitrogens with zero attached hydrogens (tertiary/aromatic N) is 5. The van der Waals surface area contributed by atoms with E-state index < -0.39 is 0 Å². The smallest absolute Gasteiger partial charge is 0.191 e. The Hall–Kier alpha value is -2.13. The molecule has 0 N–H and O–H groups in total. The minimum absolute atomic E-state index is 0.569. The Morgan fingerprint density at radius 1 is 1.35 bits per heavy atom. The average Bonchev–Trinajstić information content (AvgIpc) is 2.88. The first kappa shape index (κ1) is 14.3. The van der Waals surface area contributed by atoms with Crippen LogP contribution in [0.3, 0.4) is 0 Å². The van der Waals surface area contributed by atoms with Gasteiger partial charge in [-0.2, -0.15) is 5.26 Å². The van der Waals surface area contributed by atoms with Gasteiger partial charge < -0.3 is 0 Å². The zero-order valence-corrected chi connectivity index (χ0v) is 11.9. The summed E-state index contributed by atoms with van der Waals surface area (Å²) in [6.45, 7) is 4.44. The van der Waals surface area contributed by atoms with Gasteiger partial charge in [-0.1, -0.05) is 17.8 Å². The Kier molecular flexibility index (Phi) is 5.33. The fourth-order valence-electron chi connectivity index (χ4n) is 1.72. The summed E-state index contributed by atoms with van der Waals surface area (Å²) in [4.78, 5) is 4.01. The zero-order valence-electron chi connectivity index (χ0n) is 11.1. The largest absolute Gasteiger partial charge is 0.298 e. The lowest BCUT2D eigenvalue weighted by atomic mass is 10.2. The van der Waals surface area contributed by atoms with Crippen molar-refractivity contribution < 1.29 is 0 Å². The van der Waals surface area contributed by atoms with Crippen LogP contribution in [0, 0.1) is 11.3 Å². The lowest BCUT2D eigenvalue weighted by Gasteiger charge is -2.07. The molecule has 0 amide bonds. The van der Waals surface area contributed by atoms with Crippen LogP contribution in [-0.4, -0.2) is 25.5 Å². The monoisotopic (exact) mass is 285 g/mol. The molecule has 0 atom stereocenters. The van der Waals surface area contributed by atoms with E-state index in [1.165, 1.54) is 0 Å². The molecule has 0 bridgehead atoms. The first-order valence-electron chi connectivity index (χ1n) is 6.31. The van der Waals surface area contributed by atoms with E-state index in [4.69, 9.17) is 5.26 Å². The number of hydrogen-bond acceptors (Lipinski definition) is 5. The van der Waals surface area contributed by atoms with Crippen molar-refractivity contribution in [3.63, 3.8) is 0 Å². The minimum atomic E-state index is 0.569. The number of allylic oxidation sites excluding steroid dienone is 1. The van der Waals surface area contributed by atoms with Crippen LogP contribution in [0.5, 0.6) is 0 Å². The second kappa shape index (κ2) is 7.46. The van der Waals surface area contributed by atoms with Crippen molar-refractivity contribution in [3.05, 3.63) is 37.2 Å². The standard InChI is InChI=1S/C14H15N5S/c1-2-10-19-13(12-5-8-16-9-6-12)17-18-14(19)20-11-4-3-7-15/h2,5-6,8-9H,1,3-4,10-11H2. The molecule has 6 heteroatoms. The van der Waals surface area contributed by atoms with E-state index in [2.05, 4.69) is 27.8 Å². The van der Waals surface area contributed by atoms with Gasteiger partial charge in [0.05, 0.1) is 6.07 Å². The summed E-state index contributed by atoms with van der Waals surface area (Å²) >= 11 is 1.62. The van der Waals surface area contributed by atoms with E-state index in [0.29, 0.717) is 13.0 Å². The second-order valence-electron chi connectivity index (χ2n) is 4.05. The molecule has 102 valence electrons. The summed E-state index contributed by atoms with van der Waals surface area (Å²) < 4.78 is 2.03.